The summed E-state index contributed by atoms with van der Waals surface area (Å²) < 4.78 is 20.1. The number of benzene rings is 2. The van der Waals surface area contributed by atoms with E-state index in [9.17, 15) is 9.50 Å². The number of halogens is 2. The van der Waals surface area contributed by atoms with Crippen LogP contribution >= 0.6 is 11.6 Å². The Labute approximate surface area is 197 Å². The Morgan fingerprint density at radius 1 is 1.18 bits per heavy atom. The number of anilines is 1. The van der Waals surface area contributed by atoms with Gasteiger partial charge < -0.3 is 14.7 Å². The molecule has 0 aliphatic carbocycles. The van der Waals surface area contributed by atoms with Gasteiger partial charge >= 0.3 is 6.01 Å². The maximum absolute atomic E-state index is 14.1. The minimum atomic E-state index is -0.812. The van der Waals surface area contributed by atoms with Crippen LogP contribution in [0.3, 0.4) is 0 Å². The van der Waals surface area contributed by atoms with E-state index in [2.05, 4.69) is 38.0 Å². The van der Waals surface area contributed by atoms with Gasteiger partial charge in [0.1, 0.15) is 12.8 Å². The van der Waals surface area contributed by atoms with Gasteiger partial charge in [-0.25, -0.2) is 4.39 Å². The van der Waals surface area contributed by atoms with E-state index >= 15 is 0 Å². The number of aromatic nitrogens is 2. The van der Waals surface area contributed by atoms with E-state index in [-0.39, 0.29) is 17.4 Å². The highest BCUT2D eigenvalue weighted by Gasteiger charge is 2.49. The highest BCUT2D eigenvalue weighted by molar-refractivity contribution is 6.36. The first-order valence-electron chi connectivity index (χ1n) is 11.6. The lowest BCUT2D eigenvalue weighted by Gasteiger charge is -2.32. The first-order valence-corrected chi connectivity index (χ1v) is 11.9. The first-order chi connectivity index (χ1) is 16.0. The van der Waals surface area contributed by atoms with Gasteiger partial charge in [0.25, 0.3) is 0 Å². The fourth-order valence-electron chi connectivity index (χ4n) is 5.85. The molecule has 0 saturated carbocycles. The van der Waals surface area contributed by atoms with E-state index < -0.39 is 6.17 Å². The summed E-state index contributed by atoms with van der Waals surface area (Å²) in [5.41, 5.74) is 2.28. The summed E-state index contributed by atoms with van der Waals surface area (Å²) >= 11 is 6.55. The van der Waals surface area contributed by atoms with E-state index in [1.165, 1.54) is 0 Å². The second-order valence-corrected chi connectivity index (χ2v) is 9.81. The zero-order valence-electron chi connectivity index (χ0n) is 18.3. The maximum atomic E-state index is 14.1. The number of aromatic hydroxyl groups is 1. The van der Waals surface area contributed by atoms with Crippen molar-refractivity contribution < 1.29 is 14.2 Å². The monoisotopic (exact) mass is 468 g/mol. The summed E-state index contributed by atoms with van der Waals surface area (Å²) in [5, 5.41) is 13.4. The summed E-state index contributed by atoms with van der Waals surface area (Å²) in [6.45, 7) is 2.97. The van der Waals surface area contributed by atoms with Crippen molar-refractivity contribution in [2.75, 3.05) is 31.1 Å². The lowest BCUT2D eigenvalue weighted by molar-refractivity contribution is 0.106. The molecule has 3 aromatic rings. The Balaban J connectivity index is 1.27. The summed E-state index contributed by atoms with van der Waals surface area (Å²) in [6, 6.07) is 12.2. The average molecular weight is 469 g/mol. The summed E-state index contributed by atoms with van der Waals surface area (Å²) in [6.07, 6.45) is 2.27. The zero-order valence-corrected chi connectivity index (χ0v) is 19.1. The molecule has 33 heavy (non-hydrogen) atoms. The molecule has 1 N–H and O–H groups in total. The fraction of sp³-hybridized carbons (Fsp3) is 0.440. The summed E-state index contributed by atoms with van der Waals surface area (Å²) in [4.78, 5) is 13.3. The third-order valence-electron chi connectivity index (χ3n) is 7.43. The largest absolute Gasteiger partial charge is 0.493 e. The van der Waals surface area contributed by atoms with Crippen molar-refractivity contribution in [1.29, 1.82) is 0 Å². The van der Waals surface area contributed by atoms with Crippen LogP contribution in [0, 0.1) is 0 Å². The van der Waals surface area contributed by atoms with E-state index in [0.29, 0.717) is 37.6 Å². The third kappa shape index (κ3) is 3.58. The maximum Gasteiger partial charge on any atom is 0.320 e. The topological polar surface area (TPSA) is 61.7 Å². The number of alkyl halides is 1. The minimum absolute atomic E-state index is 0.0267. The zero-order chi connectivity index (χ0) is 22.6. The van der Waals surface area contributed by atoms with Crippen LogP contribution in [0.1, 0.15) is 30.5 Å². The number of rotatable bonds is 4. The molecule has 2 fully saturated rings. The Morgan fingerprint density at radius 2 is 2.03 bits per heavy atom. The highest BCUT2D eigenvalue weighted by Crippen LogP contribution is 2.41. The molecule has 0 bridgehead atoms. The van der Waals surface area contributed by atoms with Crippen molar-refractivity contribution in [2.24, 2.45) is 0 Å². The molecule has 6 rings (SSSR count). The standard InChI is InChI=1S/C25H26ClFN4O2/c26-19-6-1-4-16-5-2-7-21(22(16)19)30-11-8-18-20(14-30)28-24(29-23(18)32)33-15-25-9-3-10-31(25)13-17(27)12-25/h1-2,4-7,17H,3,8-15H2,(H,28,29,32). The van der Waals surface area contributed by atoms with Crippen molar-refractivity contribution in [3.8, 4) is 11.9 Å². The van der Waals surface area contributed by atoms with Gasteiger partial charge in [0.05, 0.1) is 22.8 Å². The van der Waals surface area contributed by atoms with Crippen molar-refractivity contribution in [2.45, 2.75) is 43.9 Å². The van der Waals surface area contributed by atoms with Crippen LogP contribution in [-0.4, -0.2) is 57.9 Å². The minimum Gasteiger partial charge on any atom is -0.493 e. The van der Waals surface area contributed by atoms with Gasteiger partial charge in [0, 0.05) is 36.1 Å². The van der Waals surface area contributed by atoms with E-state index in [1.807, 2.05) is 18.2 Å². The molecule has 1 aromatic heterocycles. The van der Waals surface area contributed by atoms with Gasteiger partial charge in [0.2, 0.25) is 5.88 Å². The lowest BCUT2D eigenvalue weighted by Crippen LogP contribution is -2.43. The molecule has 2 atom stereocenters. The molecule has 2 aromatic carbocycles. The molecule has 2 saturated heterocycles. The average Bonchev–Trinajstić information content (AvgIpc) is 3.33. The molecular weight excluding hydrogens is 443 g/mol. The van der Waals surface area contributed by atoms with Crippen LogP contribution in [0.2, 0.25) is 5.02 Å². The number of hydrogen-bond acceptors (Lipinski definition) is 6. The van der Waals surface area contributed by atoms with Crippen molar-refractivity contribution >= 4 is 28.1 Å². The molecular formula is C25H26ClFN4O2. The molecule has 4 heterocycles. The molecule has 8 heteroatoms. The number of fused-ring (bicyclic) bond motifs is 3. The molecule has 0 spiro atoms. The lowest BCUT2D eigenvalue weighted by atomic mass is 9.95. The van der Waals surface area contributed by atoms with Gasteiger partial charge in [-0.3, -0.25) is 4.90 Å². The molecule has 0 amide bonds. The van der Waals surface area contributed by atoms with E-state index in [4.69, 9.17) is 16.3 Å². The number of nitrogens with zero attached hydrogens (tertiary/aromatic N) is 4. The van der Waals surface area contributed by atoms with Crippen LogP contribution in [-0.2, 0) is 13.0 Å². The summed E-state index contributed by atoms with van der Waals surface area (Å²) in [7, 11) is 0. The second-order valence-electron chi connectivity index (χ2n) is 9.41. The van der Waals surface area contributed by atoms with Crippen molar-refractivity contribution in [3.05, 3.63) is 52.7 Å². The van der Waals surface area contributed by atoms with Gasteiger partial charge in [-0.1, -0.05) is 35.9 Å². The van der Waals surface area contributed by atoms with Crippen LogP contribution in [0.5, 0.6) is 11.9 Å². The number of hydrogen-bond donors (Lipinski definition) is 1. The SMILES string of the molecule is Oc1nc(OCC23CCCN2CC(F)C3)nc2c1CCN(c1cccc3cccc(Cl)c13)C2. The Kier molecular flexibility index (Phi) is 5.07. The van der Waals surface area contributed by atoms with Crippen molar-refractivity contribution in [1.82, 2.24) is 14.9 Å². The normalized spacial score (nSPS) is 24.8. The van der Waals surface area contributed by atoms with E-state index in [1.54, 1.807) is 0 Å². The predicted octanol–water partition coefficient (Wildman–Crippen LogP) is 4.51. The van der Waals surface area contributed by atoms with Gasteiger partial charge in [-0.15, -0.1) is 0 Å². The van der Waals surface area contributed by atoms with Gasteiger partial charge in [-0.2, -0.15) is 9.97 Å². The van der Waals surface area contributed by atoms with E-state index in [0.717, 1.165) is 53.6 Å². The molecule has 172 valence electrons. The van der Waals surface area contributed by atoms with Crippen LogP contribution in [0.25, 0.3) is 10.8 Å². The Hall–Kier alpha value is -2.64. The molecule has 3 aliphatic heterocycles. The molecule has 6 nitrogen and oxygen atoms in total. The fourth-order valence-corrected chi connectivity index (χ4v) is 6.12. The summed E-state index contributed by atoms with van der Waals surface area (Å²) in [5.74, 6) is -0.0267. The van der Waals surface area contributed by atoms with Gasteiger partial charge in [-0.05, 0) is 43.3 Å². The Bertz CT molecular complexity index is 1220. The predicted molar refractivity (Wildman–Crippen MR) is 126 cm³/mol. The molecule has 3 aliphatic rings. The van der Waals surface area contributed by atoms with Gasteiger partial charge in [0.15, 0.2) is 0 Å². The highest BCUT2D eigenvalue weighted by atomic mass is 35.5. The van der Waals surface area contributed by atoms with Crippen LogP contribution in [0.15, 0.2) is 36.4 Å². The van der Waals surface area contributed by atoms with Crippen molar-refractivity contribution in [3.63, 3.8) is 0 Å². The Morgan fingerprint density at radius 3 is 2.91 bits per heavy atom. The smallest absolute Gasteiger partial charge is 0.320 e. The number of ether oxygens (including phenoxy) is 1. The van der Waals surface area contributed by atoms with Crippen LogP contribution in [0.4, 0.5) is 10.1 Å². The third-order valence-corrected chi connectivity index (χ3v) is 7.74. The first kappa shape index (κ1) is 20.9. The second kappa shape index (κ2) is 7.99. The molecule has 0 radical (unpaired) electrons. The molecule has 2 unspecified atom stereocenters. The van der Waals surface area contributed by atoms with Crippen LogP contribution < -0.4 is 9.64 Å². The quantitative estimate of drug-likeness (QED) is 0.608.